The highest BCUT2D eigenvalue weighted by Gasteiger charge is 1.96. The highest BCUT2D eigenvalue weighted by Crippen LogP contribution is 2.05. The molecule has 8 heavy (non-hydrogen) atoms. The Labute approximate surface area is 52.0 Å². The Kier molecular flexibility index (Phi) is 1.44. The molecule has 0 aromatic carbocycles. The molecule has 0 aliphatic rings. The fraction of sp³-hybridized carbons (Fsp3) is 0.167. The minimum Gasteiger partial charge on any atom is -0.294 e. The van der Waals surface area contributed by atoms with Crippen LogP contribution in [-0.4, -0.2) is 5.78 Å². The van der Waals surface area contributed by atoms with Gasteiger partial charge in [0.2, 0.25) is 0 Å². The van der Waals surface area contributed by atoms with Gasteiger partial charge in [0.1, 0.15) is 0 Å². The second-order valence-corrected chi connectivity index (χ2v) is 2.24. The molecule has 0 atom stereocenters. The Morgan fingerprint density at radius 1 is 1.88 bits per heavy atom. The molecule has 0 bridgehead atoms. The van der Waals surface area contributed by atoms with Crippen LogP contribution in [0.3, 0.4) is 0 Å². The third kappa shape index (κ3) is 0.954. The van der Waals surface area contributed by atoms with Crippen LogP contribution in [-0.2, 0) is 0 Å². The average Bonchev–Trinajstić information content (AvgIpc) is 2.12. The summed E-state index contributed by atoms with van der Waals surface area (Å²) in [4.78, 5) is 11.1. The first kappa shape index (κ1) is 5.51. The first-order valence-electron chi connectivity index (χ1n) is 2.19. The molecule has 1 aromatic rings. The van der Waals surface area contributed by atoms with Gasteiger partial charge in [0, 0.05) is 11.4 Å². The lowest BCUT2D eigenvalue weighted by molar-refractivity contribution is 0.102. The van der Waals surface area contributed by atoms with E-state index in [4.69, 9.17) is 0 Å². The van der Waals surface area contributed by atoms with Gasteiger partial charge >= 0.3 is 0 Å². The molecule has 0 aliphatic carbocycles. The van der Waals surface area contributed by atoms with Crippen molar-refractivity contribution in [3.8, 4) is 0 Å². The minimum absolute atomic E-state index is 0.0660. The molecule has 0 aliphatic heterocycles. The van der Waals surface area contributed by atoms with E-state index in [1.807, 2.05) is 0 Å². The van der Waals surface area contributed by atoms with Crippen molar-refractivity contribution in [3.63, 3.8) is 0 Å². The van der Waals surface area contributed by atoms with Crippen molar-refractivity contribution in [3.05, 3.63) is 22.4 Å². The molecule has 0 amide bonds. The summed E-state index contributed by atoms with van der Waals surface area (Å²) >= 11 is 1.30. The van der Waals surface area contributed by atoms with Gasteiger partial charge in [-0.05, 0) is 13.0 Å². The van der Waals surface area contributed by atoms with E-state index in [1.54, 1.807) is 6.07 Å². The average molecular weight is 124 g/mol. The van der Waals surface area contributed by atoms with Gasteiger partial charge in [-0.2, -0.15) is 0 Å². The third-order valence-electron chi connectivity index (χ3n) is 0.743. The van der Waals surface area contributed by atoms with E-state index in [0.29, 0.717) is 4.88 Å². The maximum absolute atomic E-state index is 10.5. The quantitative estimate of drug-likeness (QED) is 0.519. The molecule has 0 unspecified atom stereocenters. The van der Waals surface area contributed by atoms with Gasteiger partial charge in [-0.1, -0.05) is 0 Å². The summed E-state index contributed by atoms with van der Waals surface area (Å²) in [6, 6.07) is 4.38. The molecule has 1 aromatic heterocycles. The molecule has 1 rings (SSSR count). The summed E-state index contributed by atoms with van der Waals surface area (Å²) < 4.78 is 0. The molecule has 40 valence electrons. The van der Waals surface area contributed by atoms with Gasteiger partial charge in [0.15, 0.2) is 5.78 Å². The van der Waals surface area contributed by atoms with Gasteiger partial charge in [-0.3, -0.25) is 4.79 Å². The van der Waals surface area contributed by atoms with E-state index < -0.39 is 0 Å². The van der Waals surface area contributed by atoms with Crippen molar-refractivity contribution in [2.75, 3.05) is 0 Å². The molecule has 0 N–H and O–H groups in total. The van der Waals surface area contributed by atoms with Gasteiger partial charge in [0.25, 0.3) is 0 Å². The molecule has 2 heteroatoms. The molecule has 0 saturated carbocycles. The van der Waals surface area contributed by atoms with Crippen molar-refractivity contribution in [2.24, 2.45) is 0 Å². The lowest BCUT2D eigenvalue weighted by atomic mass is 10.4. The Morgan fingerprint density at radius 2 is 2.62 bits per heavy atom. The van der Waals surface area contributed by atoms with Crippen LogP contribution < -0.4 is 0 Å². The second-order valence-electron chi connectivity index (χ2n) is 1.39. The van der Waals surface area contributed by atoms with Crippen LogP contribution in [0.2, 0.25) is 0 Å². The fourth-order valence-corrected chi connectivity index (χ4v) is 0.884. The number of carbonyl (C=O) groups excluding carboxylic acids is 1. The first-order valence-corrected chi connectivity index (χ1v) is 3.01. The van der Waals surface area contributed by atoms with Gasteiger partial charge in [-0.15, -0.1) is 11.3 Å². The summed E-state index contributed by atoms with van der Waals surface area (Å²) in [5.41, 5.74) is 0. The normalized spacial score (nSPS) is 9.12. The third-order valence-corrected chi connectivity index (χ3v) is 1.59. The van der Waals surface area contributed by atoms with Crippen molar-refractivity contribution >= 4 is 17.1 Å². The van der Waals surface area contributed by atoms with Crippen LogP contribution in [0.5, 0.6) is 0 Å². The lowest BCUT2D eigenvalue weighted by Gasteiger charge is -1.78. The molecular weight excluding hydrogens is 120 g/mol. The van der Waals surface area contributed by atoms with E-state index in [1.165, 1.54) is 18.3 Å². The van der Waals surface area contributed by atoms with Gasteiger partial charge < -0.3 is 0 Å². The molecule has 1 heterocycles. The molecule has 0 saturated heterocycles. The zero-order chi connectivity index (χ0) is 5.98. The number of carbonyl (C=O) groups is 1. The van der Waals surface area contributed by atoms with Crippen LogP contribution in [0.1, 0.15) is 16.6 Å². The predicted octanol–water partition coefficient (Wildman–Crippen LogP) is 1.55. The maximum Gasteiger partial charge on any atom is 0.170 e. The monoisotopic (exact) mass is 124 g/mol. The fourth-order valence-electron chi connectivity index (χ4n) is 0.386. The van der Waals surface area contributed by atoms with E-state index >= 15 is 0 Å². The molecular formula is C6H4OS. The first-order chi connectivity index (χ1) is 3.80. The van der Waals surface area contributed by atoms with E-state index in [0.717, 1.165) is 0 Å². The van der Waals surface area contributed by atoms with Crippen molar-refractivity contribution in [1.82, 2.24) is 0 Å². The Hall–Kier alpha value is -0.630. The number of hydrogen-bond acceptors (Lipinski definition) is 2. The van der Waals surface area contributed by atoms with Gasteiger partial charge in [-0.25, -0.2) is 0 Å². The standard InChI is InChI=1S/C6H4OS/c1-5(7)6-3-2-4-8-6/h2H,1H3. The second kappa shape index (κ2) is 2.09. The van der Waals surface area contributed by atoms with E-state index in [-0.39, 0.29) is 5.78 Å². The minimum atomic E-state index is 0.0660. The molecule has 0 fully saturated rings. The van der Waals surface area contributed by atoms with Crippen LogP contribution in [0.25, 0.3) is 0 Å². The summed E-state index contributed by atoms with van der Waals surface area (Å²) in [5.74, 6) is 0.0660. The van der Waals surface area contributed by atoms with E-state index in [9.17, 15) is 4.79 Å². The molecule has 1 nitrogen and oxygen atoms in total. The summed E-state index contributed by atoms with van der Waals surface area (Å²) in [6.45, 7) is 1.52. The number of thiophene rings is 1. The lowest BCUT2D eigenvalue weighted by Crippen LogP contribution is -1.83. The number of Topliss-reactive ketones (excluding diaryl/α,β-unsaturated/α-hetero) is 1. The number of ketones is 1. The van der Waals surface area contributed by atoms with E-state index in [2.05, 4.69) is 11.4 Å². The summed E-state index contributed by atoms with van der Waals surface area (Å²) in [6.07, 6.45) is 0. The van der Waals surface area contributed by atoms with Crippen LogP contribution in [0.4, 0.5) is 0 Å². The largest absolute Gasteiger partial charge is 0.294 e. The molecule has 2 radical (unpaired) electrons. The van der Waals surface area contributed by atoms with Crippen molar-refractivity contribution < 1.29 is 4.79 Å². The Morgan fingerprint density at radius 3 is 2.88 bits per heavy atom. The number of hydrogen-bond donors (Lipinski definition) is 0. The van der Waals surface area contributed by atoms with Crippen molar-refractivity contribution in [2.45, 2.75) is 6.92 Å². The molecule has 0 spiro atoms. The van der Waals surface area contributed by atoms with Crippen LogP contribution in [0.15, 0.2) is 6.07 Å². The highest BCUT2D eigenvalue weighted by atomic mass is 32.1. The van der Waals surface area contributed by atoms with Gasteiger partial charge in [0.05, 0.1) is 4.88 Å². The summed E-state index contributed by atoms with van der Waals surface area (Å²) in [7, 11) is 0. The number of rotatable bonds is 1. The Bertz CT molecular complexity index is 176. The highest BCUT2D eigenvalue weighted by molar-refractivity contribution is 7.11. The van der Waals surface area contributed by atoms with Crippen molar-refractivity contribution in [1.29, 1.82) is 0 Å². The van der Waals surface area contributed by atoms with Crippen LogP contribution >= 0.6 is 11.3 Å². The Balaban J connectivity index is 2.93. The predicted molar refractivity (Wildman–Crippen MR) is 32.0 cm³/mol. The topological polar surface area (TPSA) is 17.1 Å². The zero-order valence-electron chi connectivity index (χ0n) is 4.39. The smallest absolute Gasteiger partial charge is 0.170 e. The maximum atomic E-state index is 10.5. The SMILES string of the molecule is CC(=O)c1[c]c[c]s1. The zero-order valence-corrected chi connectivity index (χ0v) is 5.21. The van der Waals surface area contributed by atoms with Crippen LogP contribution in [0, 0.1) is 11.4 Å². The summed E-state index contributed by atoms with van der Waals surface area (Å²) in [5, 5.41) is 2.78.